The van der Waals surface area contributed by atoms with E-state index in [0.29, 0.717) is 29.4 Å². The van der Waals surface area contributed by atoms with Crippen LogP contribution in [0.4, 0.5) is 5.69 Å². The molecule has 0 spiro atoms. The molecule has 0 bridgehead atoms. The van der Waals surface area contributed by atoms with Gasteiger partial charge >= 0.3 is 0 Å². The van der Waals surface area contributed by atoms with Crippen molar-refractivity contribution >= 4 is 23.2 Å². The molecule has 0 heterocycles. The Labute approximate surface area is 113 Å². The van der Waals surface area contributed by atoms with Gasteiger partial charge < -0.3 is 15.4 Å². The van der Waals surface area contributed by atoms with Crippen molar-refractivity contribution in [1.29, 1.82) is 0 Å². The van der Waals surface area contributed by atoms with E-state index in [1.165, 1.54) is 0 Å². The van der Waals surface area contributed by atoms with Gasteiger partial charge in [0.1, 0.15) is 0 Å². The minimum atomic E-state index is -0.0919. The third-order valence-corrected chi connectivity index (χ3v) is 2.81. The maximum absolute atomic E-state index is 12.1. The van der Waals surface area contributed by atoms with Crippen LogP contribution in [0.25, 0.3) is 0 Å². The average Bonchev–Trinajstić information content (AvgIpc) is 2.31. The first-order valence-corrected chi connectivity index (χ1v) is 6.21. The first kappa shape index (κ1) is 14.8. The second-order valence-electron chi connectivity index (χ2n) is 4.38. The zero-order chi connectivity index (χ0) is 13.7. The van der Waals surface area contributed by atoms with Crippen molar-refractivity contribution in [2.24, 2.45) is 0 Å². The summed E-state index contributed by atoms with van der Waals surface area (Å²) >= 11 is 5.81. The Bertz CT molecular complexity index is 421. The van der Waals surface area contributed by atoms with Crippen LogP contribution in [-0.2, 0) is 4.74 Å². The lowest BCUT2D eigenvalue weighted by atomic mass is 10.2. The average molecular weight is 271 g/mol. The standard InChI is InChI=1S/C13H19ClN2O2/c1-9(2)18-7-6-16(3)13(17)10-4-5-11(14)12(15)8-10/h4-5,8-9H,6-7,15H2,1-3H3. The number of nitrogen functional groups attached to an aromatic ring is 1. The predicted molar refractivity (Wildman–Crippen MR) is 73.9 cm³/mol. The highest BCUT2D eigenvalue weighted by molar-refractivity contribution is 6.33. The van der Waals surface area contributed by atoms with Crippen molar-refractivity contribution in [3.8, 4) is 0 Å². The monoisotopic (exact) mass is 270 g/mol. The SMILES string of the molecule is CC(C)OCCN(C)C(=O)c1ccc(Cl)c(N)c1. The molecule has 1 amide bonds. The van der Waals surface area contributed by atoms with Crippen LogP contribution in [0.15, 0.2) is 18.2 Å². The molecule has 0 aliphatic heterocycles. The lowest BCUT2D eigenvalue weighted by Gasteiger charge is -2.18. The zero-order valence-corrected chi connectivity index (χ0v) is 11.7. The number of anilines is 1. The lowest BCUT2D eigenvalue weighted by molar-refractivity contribution is 0.0532. The quantitative estimate of drug-likeness (QED) is 0.836. The molecule has 0 fully saturated rings. The smallest absolute Gasteiger partial charge is 0.253 e. The third kappa shape index (κ3) is 4.20. The third-order valence-electron chi connectivity index (χ3n) is 2.47. The van der Waals surface area contributed by atoms with E-state index in [1.807, 2.05) is 13.8 Å². The molecule has 0 radical (unpaired) electrons. The van der Waals surface area contributed by atoms with Crippen LogP contribution in [0, 0.1) is 0 Å². The van der Waals surface area contributed by atoms with Gasteiger partial charge in [-0.15, -0.1) is 0 Å². The second kappa shape index (κ2) is 6.61. The van der Waals surface area contributed by atoms with Crippen molar-refractivity contribution in [2.45, 2.75) is 20.0 Å². The summed E-state index contributed by atoms with van der Waals surface area (Å²) in [5, 5.41) is 0.456. The molecule has 0 atom stereocenters. The van der Waals surface area contributed by atoms with Gasteiger partial charge in [0.2, 0.25) is 0 Å². The summed E-state index contributed by atoms with van der Waals surface area (Å²) in [5.74, 6) is -0.0919. The number of hydrogen-bond acceptors (Lipinski definition) is 3. The van der Waals surface area contributed by atoms with E-state index >= 15 is 0 Å². The molecule has 0 aliphatic rings. The molecule has 100 valence electrons. The fourth-order valence-electron chi connectivity index (χ4n) is 1.42. The Kier molecular flexibility index (Phi) is 5.44. The van der Waals surface area contributed by atoms with Crippen molar-refractivity contribution < 1.29 is 9.53 Å². The fourth-order valence-corrected chi connectivity index (χ4v) is 1.54. The Balaban J connectivity index is 2.60. The molecule has 1 aromatic carbocycles. The van der Waals surface area contributed by atoms with Crippen LogP contribution in [0.1, 0.15) is 24.2 Å². The predicted octanol–water partition coefficient (Wildman–Crippen LogP) is 2.42. The highest BCUT2D eigenvalue weighted by Gasteiger charge is 2.12. The number of likely N-dealkylation sites (N-methyl/N-ethyl adjacent to an activating group) is 1. The topological polar surface area (TPSA) is 55.6 Å². The summed E-state index contributed by atoms with van der Waals surface area (Å²) < 4.78 is 5.40. The molecule has 1 aromatic rings. The van der Waals surface area contributed by atoms with E-state index in [1.54, 1.807) is 30.1 Å². The Hall–Kier alpha value is -1.26. The first-order valence-electron chi connectivity index (χ1n) is 5.84. The minimum absolute atomic E-state index is 0.0919. The molecule has 2 N–H and O–H groups in total. The molecule has 18 heavy (non-hydrogen) atoms. The fraction of sp³-hybridized carbons (Fsp3) is 0.462. The van der Waals surface area contributed by atoms with Crippen LogP contribution >= 0.6 is 11.6 Å². The molecule has 0 aromatic heterocycles. The molecule has 0 aliphatic carbocycles. The normalized spacial score (nSPS) is 10.7. The summed E-state index contributed by atoms with van der Waals surface area (Å²) in [6.07, 6.45) is 0.166. The Morgan fingerprint density at radius 3 is 2.72 bits per heavy atom. The van der Waals surface area contributed by atoms with Crippen LogP contribution < -0.4 is 5.73 Å². The maximum atomic E-state index is 12.1. The largest absolute Gasteiger partial charge is 0.398 e. The molecule has 0 unspecified atom stereocenters. The zero-order valence-electron chi connectivity index (χ0n) is 10.9. The lowest BCUT2D eigenvalue weighted by Crippen LogP contribution is -2.30. The van der Waals surface area contributed by atoms with Gasteiger partial charge in [-0.3, -0.25) is 4.79 Å². The molecular weight excluding hydrogens is 252 g/mol. The van der Waals surface area contributed by atoms with E-state index in [2.05, 4.69) is 0 Å². The number of carbonyl (C=O) groups excluding carboxylic acids is 1. The van der Waals surface area contributed by atoms with Gasteiger partial charge in [-0.25, -0.2) is 0 Å². The number of halogens is 1. The first-order chi connectivity index (χ1) is 8.41. The van der Waals surface area contributed by atoms with E-state index in [-0.39, 0.29) is 12.0 Å². The molecule has 0 saturated carbocycles. The van der Waals surface area contributed by atoms with Gasteiger partial charge in [0.05, 0.1) is 23.4 Å². The molecule has 5 heteroatoms. The summed E-state index contributed by atoms with van der Waals surface area (Å²) in [6, 6.07) is 4.88. The number of amides is 1. The van der Waals surface area contributed by atoms with E-state index in [4.69, 9.17) is 22.1 Å². The summed E-state index contributed by atoms with van der Waals surface area (Å²) in [6.45, 7) is 4.98. The summed E-state index contributed by atoms with van der Waals surface area (Å²) in [7, 11) is 1.73. The van der Waals surface area contributed by atoms with Gasteiger partial charge in [0.25, 0.3) is 5.91 Å². The molecule has 0 saturated heterocycles. The van der Waals surface area contributed by atoms with Crippen molar-refractivity contribution in [2.75, 3.05) is 25.9 Å². The molecule has 4 nitrogen and oxygen atoms in total. The van der Waals surface area contributed by atoms with E-state index in [9.17, 15) is 4.79 Å². The van der Waals surface area contributed by atoms with Crippen LogP contribution in [0.5, 0.6) is 0 Å². The molecular formula is C13H19ClN2O2. The van der Waals surface area contributed by atoms with Gasteiger partial charge in [-0.1, -0.05) is 11.6 Å². The van der Waals surface area contributed by atoms with Crippen LogP contribution in [0.2, 0.25) is 5.02 Å². The van der Waals surface area contributed by atoms with Crippen LogP contribution in [0.3, 0.4) is 0 Å². The minimum Gasteiger partial charge on any atom is -0.398 e. The number of nitrogens with zero attached hydrogens (tertiary/aromatic N) is 1. The van der Waals surface area contributed by atoms with Crippen molar-refractivity contribution in [1.82, 2.24) is 4.90 Å². The van der Waals surface area contributed by atoms with E-state index < -0.39 is 0 Å². The van der Waals surface area contributed by atoms with Crippen molar-refractivity contribution in [3.05, 3.63) is 28.8 Å². The highest BCUT2D eigenvalue weighted by Crippen LogP contribution is 2.20. The Morgan fingerprint density at radius 1 is 1.50 bits per heavy atom. The number of carbonyl (C=O) groups is 1. The summed E-state index contributed by atoms with van der Waals surface area (Å²) in [5.41, 5.74) is 6.61. The number of hydrogen-bond donors (Lipinski definition) is 1. The van der Waals surface area contributed by atoms with Gasteiger partial charge in [-0.05, 0) is 32.0 Å². The second-order valence-corrected chi connectivity index (χ2v) is 4.79. The Morgan fingerprint density at radius 2 is 2.17 bits per heavy atom. The van der Waals surface area contributed by atoms with Gasteiger partial charge in [-0.2, -0.15) is 0 Å². The number of benzene rings is 1. The van der Waals surface area contributed by atoms with Crippen molar-refractivity contribution in [3.63, 3.8) is 0 Å². The van der Waals surface area contributed by atoms with Gasteiger partial charge in [0, 0.05) is 19.2 Å². The number of rotatable bonds is 5. The van der Waals surface area contributed by atoms with Crippen LogP contribution in [-0.4, -0.2) is 37.1 Å². The molecule has 1 rings (SSSR count). The van der Waals surface area contributed by atoms with E-state index in [0.717, 1.165) is 0 Å². The highest BCUT2D eigenvalue weighted by atomic mass is 35.5. The summed E-state index contributed by atoms with van der Waals surface area (Å²) in [4.78, 5) is 13.7. The number of ether oxygens (including phenoxy) is 1. The number of nitrogens with two attached hydrogens (primary N) is 1. The maximum Gasteiger partial charge on any atom is 0.253 e. The van der Waals surface area contributed by atoms with Gasteiger partial charge in [0.15, 0.2) is 0 Å².